The Morgan fingerprint density at radius 3 is 2.84 bits per heavy atom. The van der Waals surface area contributed by atoms with Gasteiger partial charge in [0.15, 0.2) is 0 Å². The topological polar surface area (TPSA) is 90.0 Å². The van der Waals surface area contributed by atoms with Crippen LogP contribution in [0.3, 0.4) is 0 Å². The number of rotatable bonds is 3. The molecule has 1 aromatic carbocycles. The van der Waals surface area contributed by atoms with Gasteiger partial charge in [0.1, 0.15) is 23.5 Å². The van der Waals surface area contributed by atoms with Crippen LogP contribution in [0.5, 0.6) is 0 Å². The molecule has 4 rings (SSSR count). The summed E-state index contributed by atoms with van der Waals surface area (Å²) in [5.74, 6) is -0.0607. The molecule has 1 amide bonds. The summed E-state index contributed by atoms with van der Waals surface area (Å²) < 4.78 is 6.77. The Morgan fingerprint density at radius 1 is 1.20 bits per heavy atom. The second kappa shape index (κ2) is 6.03. The van der Waals surface area contributed by atoms with E-state index >= 15 is 0 Å². The summed E-state index contributed by atoms with van der Waals surface area (Å²) >= 11 is 5.75. The number of furan rings is 1. The summed E-state index contributed by atoms with van der Waals surface area (Å²) in [5.41, 5.74) is 0.771. The minimum Gasteiger partial charge on any atom is -0.448 e. The monoisotopic (exact) mass is 354 g/mol. The molecule has 0 atom stereocenters. The van der Waals surface area contributed by atoms with Gasteiger partial charge in [0.05, 0.1) is 11.3 Å². The van der Waals surface area contributed by atoms with E-state index in [4.69, 9.17) is 16.0 Å². The maximum atomic E-state index is 12.5. The molecule has 7 nitrogen and oxygen atoms in total. The largest absolute Gasteiger partial charge is 0.448 e. The highest BCUT2D eigenvalue weighted by Gasteiger charge is 2.14. The summed E-state index contributed by atoms with van der Waals surface area (Å²) in [7, 11) is 0. The van der Waals surface area contributed by atoms with E-state index in [1.165, 1.54) is 17.1 Å². The van der Waals surface area contributed by atoms with Crippen LogP contribution >= 0.6 is 11.6 Å². The van der Waals surface area contributed by atoms with Crippen LogP contribution in [-0.2, 0) is 11.3 Å². The van der Waals surface area contributed by atoms with Crippen LogP contribution in [0, 0.1) is 0 Å². The van der Waals surface area contributed by atoms with Crippen molar-refractivity contribution >= 4 is 45.4 Å². The molecule has 0 bridgehead atoms. The zero-order chi connectivity index (χ0) is 17.4. The van der Waals surface area contributed by atoms with E-state index < -0.39 is 11.5 Å². The molecule has 0 aliphatic heterocycles. The van der Waals surface area contributed by atoms with Crippen LogP contribution in [0.15, 0.2) is 58.1 Å². The molecule has 0 saturated heterocycles. The number of nitrogens with one attached hydrogen (secondary N) is 1. The van der Waals surface area contributed by atoms with E-state index in [1.54, 1.807) is 18.2 Å². The quantitative estimate of drug-likeness (QED) is 0.611. The number of benzene rings is 1. The van der Waals surface area contributed by atoms with Crippen molar-refractivity contribution in [3.8, 4) is 0 Å². The Morgan fingerprint density at radius 2 is 2.04 bits per heavy atom. The number of hydrogen-bond donors (Lipinski definition) is 1. The molecule has 0 radical (unpaired) electrons. The fourth-order valence-corrected chi connectivity index (χ4v) is 2.63. The molecular formula is C17H11ClN4O3. The number of anilines is 1. The first kappa shape index (κ1) is 15.3. The van der Waals surface area contributed by atoms with Crippen LogP contribution < -0.4 is 10.9 Å². The van der Waals surface area contributed by atoms with Gasteiger partial charge in [0.25, 0.3) is 5.56 Å². The van der Waals surface area contributed by atoms with Crippen LogP contribution in [0.4, 0.5) is 5.82 Å². The Hall–Kier alpha value is -3.19. The van der Waals surface area contributed by atoms with Gasteiger partial charge >= 0.3 is 0 Å². The van der Waals surface area contributed by atoms with Gasteiger partial charge in [-0.3, -0.25) is 14.2 Å². The number of aromatic nitrogens is 3. The van der Waals surface area contributed by atoms with E-state index in [9.17, 15) is 9.59 Å². The van der Waals surface area contributed by atoms with Gasteiger partial charge in [-0.15, -0.1) is 0 Å². The highest BCUT2D eigenvalue weighted by atomic mass is 35.5. The van der Waals surface area contributed by atoms with E-state index in [0.717, 1.165) is 5.39 Å². The summed E-state index contributed by atoms with van der Waals surface area (Å²) in [4.78, 5) is 32.9. The van der Waals surface area contributed by atoms with E-state index in [2.05, 4.69) is 15.3 Å². The molecule has 0 saturated carbocycles. The lowest BCUT2D eigenvalue weighted by molar-refractivity contribution is -0.116. The zero-order valence-electron chi connectivity index (χ0n) is 12.8. The third kappa shape index (κ3) is 2.85. The molecule has 25 heavy (non-hydrogen) atoms. The number of amides is 1. The fourth-order valence-electron chi connectivity index (χ4n) is 2.51. The van der Waals surface area contributed by atoms with E-state index in [0.29, 0.717) is 21.9 Å². The fraction of sp³-hybridized carbons (Fsp3) is 0.0588. The predicted octanol–water partition coefficient (Wildman–Crippen LogP) is 2.83. The molecule has 1 N–H and O–H groups in total. The third-order valence-corrected chi connectivity index (χ3v) is 3.88. The van der Waals surface area contributed by atoms with Gasteiger partial charge in [-0.1, -0.05) is 23.7 Å². The molecule has 8 heteroatoms. The summed E-state index contributed by atoms with van der Waals surface area (Å²) in [6, 6.07) is 10.4. The average molecular weight is 355 g/mol. The zero-order valence-corrected chi connectivity index (χ0v) is 13.5. The lowest BCUT2D eigenvalue weighted by Crippen LogP contribution is -2.27. The maximum absolute atomic E-state index is 12.5. The highest BCUT2D eigenvalue weighted by Crippen LogP contribution is 2.23. The Balaban J connectivity index is 1.64. The molecule has 124 valence electrons. The second-order valence-electron chi connectivity index (χ2n) is 5.36. The molecule has 3 heterocycles. The molecular weight excluding hydrogens is 344 g/mol. The van der Waals surface area contributed by atoms with Crippen molar-refractivity contribution in [1.82, 2.24) is 14.5 Å². The smallest absolute Gasteiger partial charge is 0.297 e. The van der Waals surface area contributed by atoms with Gasteiger partial charge in [-0.2, -0.15) is 0 Å². The van der Waals surface area contributed by atoms with Gasteiger partial charge < -0.3 is 9.73 Å². The van der Waals surface area contributed by atoms with Crippen LogP contribution in [0.25, 0.3) is 22.1 Å². The standard InChI is InChI=1S/C17H11ClN4O3/c18-10-5-6-13(19-7-10)21-14(23)8-22-9-20-15-11-3-1-2-4-12(11)25-16(15)17(22)24/h1-7,9H,8H2,(H,19,21,23). The van der Waals surface area contributed by atoms with Crippen molar-refractivity contribution in [1.29, 1.82) is 0 Å². The SMILES string of the molecule is O=C(Cn1cnc2c(oc3ccccc32)c1=O)Nc1ccc(Cl)cn1. The van der Waals surface area contributed by atoms with Crippen LogP contribution in [0.1, 0.15) is 0 Å². The number of pyridine rings is 1. The van der Waals surface area contributed by atoms with Crippen molar-refractivity contribution in [2.45, 2.75) is 6.54 Å². The van der Waals surface area contributed by atoms with Gasteiger partial charge in [0.2, 0.25) is 11.5 Å². The minimum absolute atomic E-state index is 0.126. The number of para-hydroxylation sites is 1. The Labute approximate surface area is 145 Å². The first-order valence-corrected chi connectivity index (χ1v) is 7.78. The number of hydrogen-bond acceptors (Lipinski definition) is 5. The molecule has 4 aromatic rings. The van der Waals surface area contributed by atoms with Gasteiger partial charge in [-0.05, 0) is 24.3 Å². The summed E-state index contributed by atoms with van der Waals surface area (Å²) in [5, 5.41) is 3.82. The van der Waals surface area contributed by atoms with Crippen molar-refractivity contribution < 1.29 is 9.21 Å². The minimum atomic E-state index is -0.416. The lowest BCUT2D eigenvalue weighted by Gasteiger charge is -2.06. The lowest BCUT2D eigenvalue weighted by atomic mass is 10.2. The molecule has 3 aromatic heterocycles. The third-order valence-electron chi connectivity index (χ3n) is 3.66. The van der Waals surface area contributed by atoms with E-state index in [1.807, 2.05) is 18.2 Å². The average Bonchev–Trinajstić information content (AvgIpc) is 2.99. The number of nitrogens with zero attached hydrogens (tertiary/aromatic N) is 3. The van der Waals surface area contributed by atoms with Crippen LogP contribution in [0.2, 0.25) is 5.02 Å². The molecule has 0 aliphatic rings. The van der Waals surface area contributed by atoms with Crippen molar-refractivity contribution in [3.05, 3.63) is 64.3 Å². The maximum Gasteiger partial charge on any atom is 0.297 e. The number of fused-ring (bicyclic) bond motifs is 3. The molecule has 0 unspecified atom stereocenters. The Bertz CT molecular complexity index is 1150. The normalized spacial score (nSPS) is 11.1. The molecule has 0 aliphatic carbocycles. The van der Waals surface area contributed by atoms with E-state index in [-0.39, 0.29) is 12.1 Å². The Kier molecular flexibility index (Phi) is 3.70. The highest BCUT2D eigenvalue weighted by molar-refractivity contribution is 6.30. The van der Waals surface area contributed by atoms with Gasteiger partial charge in [-0.25, -0.2) is 9.97 Å². The predicted molar refractivity (Wildman–Crippen MR) is 93.7 cm³/mol. The number of carbonyl (C=O) groups is 1. The first-order valence-electron chi connectivity index (χ1n) is 7.40. The number of carbonyl (C=O) groups excluding carboxylic acids is 1. The summed E-state index contributed by atoms with van der Waals surface area (Å²) in [6.45, 7) is -0.205. The van der Waals surface area contributed by atoms with Crippen molar-refractivity contribution in [3.63, 3.8) is 0 Å². The number of halogens is 1. The first-order chi connectivity index (χ1) is 12.1. The van der Waals surface area contributed by atoms with Crippen LogP contribution in [-0.4, -0.2) is 20.4 Å². The summed E-state index contributed by atoms with van der Waals surface area (Å²) in [6.07, 6.45) is 2.76. The molecule has 0 fully saturated rings. The van der Waals surface area contributed by atoms with Crippen molar-refractivity contribution in [2.24, 2.45) is 0 Å². The molecule has 0 spiro atoms. The van der Waals surface area contributed by atoms with Crippen molar-refractivity contribution in [2.75, 3.05) is 5.32 Å². The van der Waals surface area contributed by atoms with Gasteiger partial charge in [0, 0.05) is 11.6 Å². The second-order valence-corrected chi connectivity index (χ2v) is 5.80.